The molecule has 0 atom stereocenters. The van der Waals surface area contributed by atoms with Crippen molar-refractivity contribution in [3.05, 3.63) is 29.3 Å². The summed E-state index contributed by atoms with van der Waals surface area (Å²) in [6.45, 7) is 0. The van der Waals surface area contributed by atoms with E-state index in [1.807, 2.05) is 6.07 Å². The first-order valence-corrected chi connectivity index (χ1v) is 5.68. The van der Waals surface area contributed by atoms with Gasteiger partial charge in [-0.2, -0.15) is 5.26 Å². The van der Waals surface area contributed by atoms with Gasteiger partial charge in [0.2, 0.25) is 0 Å². The van der Waals surface area contributed by atoms with Crippen LogP contribution in [0.4, 0.5) is 0 Å². The molecule has 1 fully saturated rings. The number of carbonyl (C=O) groups excluding carboxylic acids is 1. The third-order valence-electron chi connectivity index (χ3n) is 2.95. The molecule has 2 N–H and O–H groups in total. The van der Waals surface area contributed by atoms with Gasteiger partial charge in [0.15, 0.2) is 0 Å². The van der Waals surface area contributed by atoms with Crippen LogP contribution in [0.2, 0.25) is 0 Å². The maximum absolute atomic E-state index is 11.5. The van der Waals surface area contributed by atoms with Crippen LogP contribution in [-0.2, 0) is 4.74 Å². The Kier molecular flexibility index (Phi) is 3.49. The number of methoxy groups -OCH3 is 1. The molecule has 0 saturated heterocycles. The van der Waals surface area contributed by atoms with E-state index in [0.717, 1.165) is 12.8 Å². The number of nitrogens with two attached hydrogens (primary N) is 1. The fraction of sp³-hybridized carbons (Fsp3) is 0.385. The van der Waals surface area contributed by atoms with Gasteiger partial charge in [0, 0.05) is 6.04 Å². The number of hydrogen-bond acceptors (Lipinski definition) is 5. The minimum atomic E-state index is -0.540. The van der Waals surface area contributed by atoms with E-state index < -0.39 is 5.97 Å². The van der Waals surface area contributed by atoms with Crippen LogP contribution < -0.4 is 10.5 Å². The highest BCUT2D eigenvalue weighted by atomic mass is 16.5. The minimum absolute atomic E-state index is 0.0958. The van der Waals surface area contributed by atoms with E-state index in [-0.39, 0.29) is 23.3 Å². The summed E-state index contributed by atoms with van der Waals surface area (Å²) in [5, 5.41) is 8.91. The Morgan fingerprint density at radius 1 is 1.50 bits per heavy atom. The summed E-state index contributed by atoms with van der Waals surface area (Å²) in [4.78, 5) is 11.5. The van der Waals surface area contributed by atoms with Crippen LogP contribution in [0.5, 0.6) is 5.75 Å². The summed E-state index contributed by atoms with van der Waals surface area (Å²) in [6.07, 6.45) is 1.72. The van der Waals surface area contributed by atoms with E-state index in [1.54, 1.807) is 12.1 Å². The number of rotatable bonds is 3. The van der Waals surface area contributed by atoms with Crippen molar-refractivity contribution >= 4 is 5.97 Å². The summed E-state index contributed by atoms with van der Waals surface area (Å²) in [7, 11) is 1.28. The van der Waals surface area contributed by atoms with Crippen molar-refractivity contribution in [2.24, 2.45) is 5.73 Å². The fourth-order valence-electron chi connectivity index (χ4n) is 1.87. The van der Waals surface area contributed by atoms with Crippen molar-refractivity contribution < 1.29 is 14.3 Å². The van der Waals surface area contributed by atoms with E-state index in [9.17, 15) is 4.79 Å². The average molecular weight is 246 g/mol. The number of hydrogen-bond donors (Lipinski definition) is 1. The van der Waals surface area contributed by atoms with Crippen molar-refractivity contribution in [1.82, 2.24) is 0 Å². The summed E-state index contributed by atoms with van der Waals surface area (Å²) in [6, 6.07) is 6.92. The Bertz CT molecular complexity index is 501. The normalized spacial score (nSPS) is 21.6. The van der Waals surface area contributed by atoms with Gasteiger partial charge in [0.1, 0.15) is 17.9 Å². The van der Waals surface area contributed by atoms with E-state index in [4.69, 9.17) is 15.7 Å². The molecule has 0 aliphatic heterocycles. The Balaban J connectivity index is 2.18. The minimum Gasteiger partial charge on any atom is -0.490 e. The smallest absolute Gasteiger partial charge is 0.339 e. The Labute approximate surface area is 105 Å². The van der Waals surface area contributed by atoms with Gasteiger partial charge in [-0.15, -0.1) is 0 Å². The van der Waals surface area contributed by atoms with Gasteiger partial charge in [-0.05, 0) is 31.0 Å². The molecule has 0 heterocycles. The molecule has 0 amide bonds. The molecule has 1 aliphatic rings. The van der Waals surface area contributed by atoms with Crippen LogP contribution in [0, 0.1) is 11.3 Å². The molecule has 5 nitrogen and oxygen atoms in total. The molecule has 2 rings (SSSR count). The van der Waals surface area contributed by atoms with Gasteiger partial charge in [-0.1, -0.05) is 0 Å². The zero-order valence-electron chi connectivity index (χ0n) is 10.1. The van der Waals surface area contributed by atoms with Gasteiger partial charge in [0.25, 0.3) is 0 Å². The number of ether oxygens (including phenoxy) is 2. The number of nitriles is 1. The highest BCUT2D eigenvalue weighted by Crippen LogP contribution is 2.26. The van der Waals surface area contributed by atoms with Crippen LogP contribution in [-0.4, -0.2) is 25.2 Å². The molecule has 1 aromatic rings. The fourth-order valence-corrected chi connectivity index (χ4v) is 1.87. The molecule has 0 bridgehead atoms. The van der Waals surface area contributed by atoms with Crippen LogP contribution in [0.15, 0.2) is 18.2 Å². The van der Waals surface area contributed by atoms with Gasteiger partial charge >= 0.3 is 5.97 Å². The van der Waals surface area contributed by atoms with Gasteiger partial charge in [-0.3, -0.25) is 0 Å². The van der Waals surface area contributed by atoms with Crippen molar-refractivity contribution in [3.8, 4) is 11.8 Å². The SMILES string of the molecule is COC(=O)c1cc(OC2CC(N)C2)ccc1C#N. The lowest BCUT2D eigenvalue weighted by atomic mass is 9.90. The maximum Gasteiger partial charge on any atom is 0.339 e. The zero-order valence-corrected chi connectivity index (χ0v) is 10.1. The van der Waals surface area contributed by atoms with Crippen molar-refractivity contribution in [2.45, 2.75) is 25.0 Å². The van der Waals surface area contributed by atoms with Gasteiger partial charge in [0.05, 0.1) is 18.2 Å². The predicted molar refractivity (Wildman–Crippen MR) is 64.1 cm³/mol. The quantitative estimate of drug-likeness (QED) is 0.810. The molecule has 0 aromatic heterocycles. The lowest BCUT2D eigenvalue weighted by Crippen LogP contribution is -2.43. The highest BCUT2D eigenvalue weighted by Gasteiger charge is 2.28. The third kappa shape index (κ3) is 2.44. The lowest BCUT2D eigenvalue weighted by Gasteiger charge is -2.32. The number of nitrogens with zero attached hydrogens (tertiary/aromatic N) is 1. The highest BCUT2D eigenvalue weighted by molar-refractivity contribution is 5.92. The molecule has 1 saturated carbocycles. The summed E-state index contributed by atoms with van der Waals surface area (Å²) >= 11 is 0. The van der Waals surface area contributed by atoms with Crippen LogP contribution in [0.3, 0.4) is 0 Å². The van der Waals surface area contributed by atoms with E-state index in [2.05, 4.69) is 4.74 Å². The monoisotopic (exact) mass is 246 g/mol. The predicted octanol–water partition coefficient (Wildman–Crippen LogP) is 1.21. The third-order valence-corrected chi connectivity index (χ3v) is 2.95. The first-order chi connectivity index (χ1) is 8.63. The molecule has 0 spiro atoms. The summed E-state index contributed by atoms with van der Waals surface area (Å²) < 4.78 is 10.3. The Morgan fingerprint density at radius 2 is 2.22 bits per heavy atom. The summed E-state index contributed by atoms with van der Waals surface area (Å²) in [5.41, 5.74) is 6.17. The van der Waals surface area contributed by atoms with E-state index >= 15 is 0 Å². The largest absolute Gasteiger partial charge is 0.490 e. The second-order valence-corrected chi connectivity index (χ2v) is 4.28. The molecule has 0 radical (unpaired) electrons. The molecule has 5 heteroatoms. The van der Waals surface area contributed by atoms with Gasteiger partial charge in [-0.25, -0.2) is 4.79 Å². The second-order valence-electron chi connectivity index (χ2n) is 4.28. The Morgan fingerprint density at radius 3 is 2.78 bits per heavy atom. The average Bonchev–Trinajstić information content (AvgIpc) is 2.36. The maximum atomic E-state index is 11.5. The topological polar surface area (TPSA) is 85.3 Å². The zero-order chi connectivity index (χ0) is 13.1. The molecule has 1 aromatic carbocycles. The molecule has 18 heavy (non-hydrogen) atoms. The van der Waals surface area contributed by atoms with Crippen molar-refractivity contribution in [1.29, 1.82) is 5.26 Å². The molecule has 0 unspecified atom stereocenters. The standard InChI is InChI=1S/C13H14N2O3/c1-17-13(16)12-6-10(3-2-8(12)7-14)18-11-4-9(15)5-11/h2-3,6,9,11H,4-5,15H2,1H3. The number of benzene rings is 1. The number of carbonyl (C=O) groups is 1. The van der Waals surface area contributed by atoms with Crippen LogP contribution in [0.25, 0.3) is 0 Å². The van der Waals surface area contributed by atoms with Crippen molar-refractivity contribution in [2.75, 3.05) is 7.11 Å². The van der Waals surface area contributed by atoms with Crippen LogP contribution in [0.1, 0.15) is 28.8 Å². The molecular formula is C13H14N2O3. The van der Waals surface area contributed by atoms with E-state index in [0.29, 0.717) is 5.75 Å². The van der Waals surface area contributed by atoms with Crippen molar-refractivity contribution in [3.63, 3.8) is 0 Å². The molecule has 94 valence electrons. The molecular weight excluding hydrogens is 232 g/mol. The summed E-state index contributed by atoms with van der Waals surface area (Å²) in [5.74, 6) is 0.0219. The number of esters is 1. The first-order valence-electron chi connectivity index (χ1n) is 5.68. The van der Waals surface area contributed by atoms with Gasteiger partial charge < -0.3 is 15.2 Å². The molecule has 1 aliphatic carbocycles. The van der Waals surface area contributed by atoms with E-state index in [1.165, 1.54) is 13.2 Å². The van der Waals surface area contributed by atoms with Crippen LogP contribution >= 0.6 is 0 Å². The second kappa shape index (κ2) is 5.07. The first kappa shape index (κ1) is 12.4. The Hall–Kier alpha value is -2.06. The lowest BCUT2D eigenvalue weighted by molar-refractivity contribution is 0.0598.